The van der Waals surface area contributed by atoms with Crippen LogP contribution in [0.5, 0.6) is 0 Å². The molecule has 1 aliphatic rings. The summed E-state index contributed by atoms with van der Waals surface area (Å²) in [5.74, 6) is -1.32. The third-order valence-corrected chi connectivity index (χ3v) is 3.25. The molecule has 0 aromatic heterocycles. The fourth-order valence-electron chi connectivity index (χ4n) is 1.87. The molecule has 1 aromatic rings. The largest absolute Gasteiger partial charge is 0.478 e. The second kappa shape index (κ2) is 4.49. The van der Waals surface area contributed by atoms with Crippen molar-refractivity contribution in [2.75, 3.05) is 5.32 Å². The number of benzene rings is 1. The second-order valence-electron chi connectivity index (χ2n) is 4.38. The Bertz CT molecular complexity index is 524. The van der Waals surface area contributed by atoms with Crippen LogP contribution in [0, 0.1) is 16.7 Å². The molecule has 2 rings (SSSR count). The van der Waals surface area contributed by atoms with Gasteiger partial charge in [0.15, 0.2) is 0 Å². The minimum atomic E-state index is -1.01. The lowest BCUT2D eigenvalue weighted by molar-refractivity contribution is -0.126. The number of amides is 1. The van der Waals surface area contributed by atoms with Crippen molar-refractivity contribution in [1.29, 1.82) is 5.26 Å². The van der Waals surface area contributed by atoms with Gasteiger partial charge in [0.05, 0.1) is 11.6 Å². The van der Waals surface area contributed by atoms with Crippen molar-refractivity contribution < 1.29 is 14.7 Å². The van der Waals surface area contributed by atoms with Gasteiger partial charge in [0.25, 0.3) is 0 Å². The molecular formula is C13H12N2O3. The third kappa shape index (κ3) is 2.05. The van der Waals surface area contributed by atoms with Gasteiger partial charge in [-0.25, -0.2) is 4.79 Å². The lowest BCUT2D eigenvalue weighted by atomic mass is 9.69. The van der Waals surface area contributed by atoms with Crippen LogP contribution in [0.4, 0.5) is 5.69 Å². The van der Waals surface area contributed by atoms with Crippen LogP contribution in [0.1, 0.15) is 29.6 Å². The van der Waals surface area contributed by atoms with Crippen LogP contribution in [0.25, 0.3) is 0 Å². The molecule has 5 heteroatoms. The van der Waals surface area contributed by atoms with E-state index in [9.17, 15) is 9.59 Å². The van der Waals surface area contributed by atoms with Crippen molar-refractivity contribution in [3.8, 4) is 6.07 Å². The number of nitrogens with one attached hydrogen (secondary N) is 1. The van der Waals surface area contributed by atoms with Gasteiger partial charge < -0.3 is 10.4 Å². The molecule has 0 radical (unpaired) electrons. The van der Waals surface area contributed by atoms with E-state index in [-0.39, 0.29) is 11.5 Å². The maximum absolute atomic E-state index is 11.9. The van der Waals surface area contributed by atoms with Crippen LogP contribution in [0.2, 0.25) is 0 Å². The molecule has 18 heavy (non-hydrogen) atoms. The summed E-state index contributed by atoms with van der Waals surface area (Å²) in [6.07, 6.45) is 2.06. The molecule has 0 unspecified atom stereocenters. The van der Waals surface area contributed by atoms with Gasteiger partial charge in [-0.1, -0.05) is 0 Å². The minimum Gasteiger partial charge on any atom is -0.478 e. The van der Waals surface area contributed by atoms with E-state index < -0.39 is 11.4 Å². The summed E-state index contributed by atoms with van der Waals surface area (Å²) >= 11 is 0. The quantitative estimate of drug-likeness (QED) is 0.851. The number of carbonyl (C=O) groups excluding carboxylic acids is 1. The van der Waals surface area contributed by atoms with Gasteiger partial charge in [-0.2, -0.15) is 5.26 Å². The Labute approximate surface area is 104 Å². The smallest absolute Gasteiger partial charge is 0.335 e. The first-order valence-corrected chi connectivity index (χ1v) is 5.63. The Hall–Kier alpha value is -2.35. The molecular weight excluding hydrogens is 232 g/mol. The molecule has 0 atom stereocenters. The van der Waals surface area contributed by atoms with Gasteiger partial charge in [0, 0.05) is 5.69 Å². The molecule has 0 bridgehead atoms. The van der Waals surface area contributed by atoms with Gasteiger partial charge in [-0.05, 0) is 43.5 Å². The van der Waals surface area contributed by atoms with E-state index >= 15 is 0 Å². The average molecular weight is 244 g/mol. The molecule has 1 fully saturated rings. The Morgan fingerprint density at radius 2 is 1.89 bits per heavy atom. The number of nitriles is 1. The molecule has 0 spiro atoms. The lowest BCUT2D eigenvalue weighted by Gasteiger charge is -2.33. The number of carboxylic acid groups (broad SMARTS) is 1. The first-order valence-electron chi connectivity index (χ1n) is 5.63. The molecule has 2 N–H and O–H groups in total. The van der Waals surface area contributed by atoms with Crippen LogP contribution in [0.3, 0.4) is 0 Å². The van der Waals surface area contributed by atoms with Crippen LogP contribution in [0.15, 0.2) is 24.3 Å². The predicted molar refractivity (Wildman–Crippen MR) is 63.9 cm³/mol. The Morgan fingerprint density at radius 3 is 2.28 bits per heavy atom. The van der Waals surface area contributed by atoms with Crippen LogP contribution in [-0.2, 0) is 4.79 Å². The summed E-state index contributed by atoms with van der Waals surface area (Å²) < 4.78 is 0. The Kier molecular flexibility index (Phi) is 3.02. The van der Waals surface area contributed by atoms with Crippen molar-refractivity contribution in [2.45, 2.75) is 19.3 Å². The summed E-state index contributed by atoms with van der Waals surface area (Å²) in [6.45, 7) is 0. The van der Waals surface area contributed by atoms with Gasteiger partial charge in [0.2, 0.25) is 5.91 Å². The van der Waals surface area contributed by atoms with Gasteiger partial charge >= 0.3 is 5.97 Å². The topological polar surface area (TPSA) is 90.2 Å². The summed E-state index contributed by atoms with van der Waals surface area (Å²) in [7, 11) is 0. The molecule has 1 aromatic carbocycles. The number of carboxylic acids is 1. The van der Waals surface area contributed by atoms with E-state index in [0.717, 1.165) is 6.42 Å². The molecule has 0 aliphatic heterocycles. The highest BCUT2D eigenvalue weighted by Gasteiger charge is 2.44. The van der Waals surface area contributed by atoms with E-state index in [0.29, 0.717) is 18.5 Å². The predicted octanol–water partition coefficient (Wildman–Crippen LogP) is 2.02. The number of nitrogens with zero attached hydrogens (tertiary/aromatic N) is 1. The zero-order valence-corrected chi connectivity index (χ0v) is 9.64. The zero-order chi connectivity index (χ0) is 13.2. The highest BCUT2D eigenvalue weighted by atomic mass is 16.4. The van der Waals surface area contributed by atoms with Crippen molar-refractivity contribution in [3.05, 3.63) is 29.8 Å². The number of rotatable bonds is 3. The van der Waals surface area contributed by atoms with E-state index in [4.69, 9.17) is 10.4 Å². The first kappa shape index (κ1) is 12.1. The number of hydrogen-bond donors (Lipinski definition) is 2. The molecule has 0 heterocycles. The SMILES string of the molecule is N#CC1(C(=O)Nc2ccc(C(=O)O)cc2)CCC1. The highest BCUT2D eigenvalue weighted by Crippen LogP contribution is 2.41. The van der Waals surface area contributed by atoms with Crippen molar-refractivity contribution in [1.82, 2.24) is 0 Å². The van der Waals surface area contributed by atoms with Gasteiger partial charge in [-0.15, -0.1) is 0 Å². The van der Waals surface area contributed by atoms with Crippen LogP contribution >= 0.6 is 0 Å². The fraction of sp³-hybridized carbons (Fsp3) is 0.308. The molecule has 0 saturated heterocycles. The minimum absolute atomic E-state index is 0.159. The maximum atomic E-state index is 11.9. The number of carbonyl (C=O) groups is 2. The summed E-state index contributed by atoms with van der Waals surface area (Å²) in [6, 6.07) is 7.93. The number of aromatic carboxylic acids is 1. The molecule has 1 saturated carbocycles. The zero-order valence-electron chi connectivity index (χ0n) is 9.64. The average Bonchev–Trinajstić information content (AvgIpc) is 2.29. The van der Waals surface area contributed by atoms with Crippen LogP contribution in [-0.4, -0.2) is 17.0 Å². The molecule has 1 amide bonds. The van der Waals surface area contributed by atoms with Crippen LogP contribution < -0.4 is 5.32 Å². The second-order valence-corrected chi connectivity index (χ2v) is 4.38. The standard InChI is InChI=1S/C13H12N2O3/c14-8-13(6-1-7-13)12(18)15-10-4-2-9(3-5-10)11(16)17/h2-5H,1,6-7H2,(H,15,18)(H,16,17). The fourth-order valence-corrected chi connectivity index (χ4v) is 1.87. The van der Waals surface area contributed by atoms with E-state index in [1.54, 1.807) is 0 Å². The number of anilines is 1. The molecule has 1 aliphatic carbocycles. The lowest BCUT2D eigenvalue weighted by Crippen LogP contribution is -2.40. The molecule has 92 valence electrons. The molecule has 5 nitrogen and oxygen atoms in total. The normalized spacial score (nSPS) is 16.2. The van der Waals surface area contributed by atoms with E-state index in [1.807, 2.05) is 0 Å². The maximum Gasteiger partial charge on any atom is 0.335 e. The third-order valence-electron chi connectivity index (χ3n) is 3.25. The Balaban J connectivity index is 2.08. The number of hydrogen-bond acceptors (Lipinski definition) is 3. The Morgan fingerprint density at radius 1 is 1.28 bits per heavy atom. The summed E-state index contributed by atoms with van der Waals surface area (Å²) in [4.78, 5) is 22.6. The van der Waals surface area contributed by atoms with Gasteiger partial charge in [0.1, 0.15) is 5.41 Å². The summed E-state index contributed by atoms with van der Waals surface area (Å²) in [5, 5.41) is 20.4. The van der Waals surface area contributed by atoms with Crippen molar-refractivity contribution in [2.24, 2.45) is 5.41 Å². The van der Waals surface area contributed by atoms with E-state index in [2.05, 4.69) is 11.4 Å². The van der Waals surface area contributed by atoms with Crippen molar-refractivity contribution in [3.63, 3.8) is 0 Å². The summed E-state index contributed by atoms with van der Waals surface area (Å²) in [5.41, 5.74) is -0.232. The first-order chi connectivity index (χ1) is 8.57. The highest BCUT2D eigenvalue weighted by molar-refractivity contribution is 5.98. The van der Waals surface area contributed by atoms with E-state index in [1.165, 1.54) is 24.3 Å². The monoisotopic (exact) mass is 244 g/mol. The van der Waals surface area contributed by atoms with Gasteiger partial charge in [-0.3, -0.25) is 4.79 Å². The van der Waals surface area contributed by atoms with Crippen molar-refractivity contribution >= 4 is 17.6 Å².